The molecule has 0 saturated carbocycles. The van der Waals surface area contributed by atoms with Crippen molar-refractivity contribution >= 4 is 67.0 Å². The summed E-state index contributed by atoms with van der Waals surface area (Å²) in [5.41, 5.74) is 12.0. The number of amides is 1. The number of nitrogens with two attached hydrogens (primary N) is 2. The summed E-state index contributed by atoms with van der Waals surface area (Å²) in [7, 11) is -0.320. The number of carbonyl (C=O) groups excluding carboxylic acids is 1. The highest BCUT2D eigenvalue weighted by atomic mass is 32.2. The molecular formula is C29H41N11O5S3. The van der Waals surface area contributed by atoms with Crippen LogP contribution in [0.5, 0.6) is 0 Å². The maximum absolute atomic E-state index is 13.3. The van der Waals surface area contributed by atoms with Crippen molar-refractivity contribution in [3.8, 4) is 0 Å². The van der Waals surface area contributed by atoms with Gasteiger partial charge in [0.05, 0.1) is 22.8 Å². The zero-order valence-electron chi connectivity index (χ0n) is 26.6. The lowest BCUT2D eigenvalue weighted by Crippen LogP contribution is -2.48. The smallest absolute Gasteiger partial charge is 0.326 e. The van der Waals surface area contributed by atoms with Crippen LogP contribution in [-0.2, 0) is 21.4 Å². The highest BCUT2D eigenvalue weighted by Crippen LogP contribution is 2.27. The van der Waals surface area contributed by atoms with Crippen LogP contribution in [0.3, 0.4) is 0 Å². The molecule has 0 unspecified atom stereocenters. The first kappa shape index (κ1) is 36.1. The molecule has 4 rings (SSSR count). The van der Waals surface area contributed by atoms with E-state index in [9.17, 15) is 23.1 Å². The normalized spacial score (nSPS) is 14.2. The highest BCUT2D eigenvalue weighted by molar-refractivity contribution is 7.92. The van der Waals surface area contributed by atoms with Crippen molar-refractivity contribution in [3.63, 3.8) is 0 Å². The molecule has 1 aliphatic heterocycles. The minimum atomic E-state index is -4.10. The van der Waals surface area contributed by atoms with E-state index < -0.39 is 27.9 Å². The Morgan fingerprint density at radius 3 is 2.60 bits per heavy atom. The van der Waals surface area contributed by atoms with Gasteiger partial charge in [0.1, 0.15) is 16.7 Å². The Kier molecular flexibility index (Phi) is 12.7. The fourth-order valence-electron chi connectivity index (χ4n) is 4.84. The number of hydrogen-bond donors (Lipinski definition) is 8. The monoisotopic (exact) mass is 719 g/mol. The van der Waals surface area contributed by atoms with Crippen molar-refractivity contribution < 1.29 is 23.1 Å². The van der Waals surface area contributed by atoms with Crippen LogP contribution in [0, 0.1) is 0 Å². The van der Waals surface area contributed by atoms with E-state index in [0.717, 1.165) is 54.2 Å². The van der Waals surface area contributed by atoms with Gasteiger partial charge in [0.2, 0.25) is 0 Å². The molecule has 3 heterocycles. The lowest BCUT2D eigenvalue weighted by Gasteiger charge is -2.36. The summed E-state index contributed by atoms with van der Waals surface area (Å²) in [6, 6.07) is 6.56. The predicted molar refractivity (Wildman–Crippen MR) is 190 cm³/mol. The number of nitrogens with zero attached hydrogens (tertiary/aromatic N) is 4. The van der Waals surface area contributed by atoms with Crippen LogP contribution < -0.4 is 42.4 Å². The fourth-order valence-corrected chi connectivity index (χ4v) is 7.65. The molecular weight excluding hydrogens is 679 g/mol. The number of thiazole rings is 1. The number of hydrogen-bond acceptors (Lipinski definition) is 13. The Morgan fingerprint density at radius 2 is 1.92 bits per heavy atom. The standard InChI is InChI=1S/C29H41N11O5S3/c1-32-17-24(33-2)39-10-12-40(13-11-39)29-36-20(18-47-29)16-35-19-5-3-6-21(15-19)48(44,45)38-22-8-14-46-25(22)26(41)37-23(27(42)43)7-4-9-34-28(30)31/h3,5-6,8,14-15,17-18,23,32-33,35,38H,4,7,9-13,16H2,1-2H3,(H,37,41)(H,42,43)(H4,30,31,34)/b24-17+/t23-/m0/s1. The molecule has 48 heavy (non-hydrogen) atoms. The summed E-state index contributed by atoms with van der Waals surface area (Å²) in [5, 5.41) is 26.0. The van der Waals surface area contributed by atoms with E-state index >= 15 is 0 Å². The van der Waals surface area contributed by atoms with E-state index in [-0.39, 0.29) is 34.4 Å². The van der Waals surface area contributed by atoms with Crippen LogP contribution in [0.4, 0.5) is 16.5 Å². The first-order valence-electron chi connectivity index (χ1n) is 15.0. The number of anilines is 3. The van der Waals surface area contributed by atoms with Gasteiger partial charge in [-0.05, 0) is 42.5 Å². The van der Waals surface area contributed by atoms with Crippen LogP contribution in [0.2, 0.25) is 0 Å². The molecule has 16 nitrogen and oxygen atoms in total. The van der Waals surface area contributed by atoms with Gasteiger partial charge in [-0.1, -0.05) is 6.07 Å². The van der Waals surface area contributed by atoms with Crippen LogP contribution in [-0.4, -0.2) is 94.1 Å². The quantitative estimate of drug-likeness (QED) is 0.0558. The van der Waals surface area contributed by atoms with Gasteiger partial charge in [-0.15, -0.1) is 22.7 Å². The third-order valence-corrected chi connectivity index (χ3v) is 10.5. The molecule has 1 fully saturated rings. The van der Waals surface area contributed by atoms with Crippen molar-refractivity contribution in [1.29, 1.82) is 0 Å². The van der Waals surface area contributed by atoms with E-state index in [0.29, 0.717) is 18.7 Å². The molecule has 1 amide bonds. The van der Waals surface area contributed by atoms with E-state index in [2.05, 4.69) is 40.8 Å². The summed E-state index contributed by atoms with van der Waals surface area (Å²) in [6.07, 6.45) is 2.34. The average molecular weight is 720 g/mol. The third kappa shape index (κ3) is 9.88. The Labute approximate surface area is 287 Å². The Morgan fingerprint density at radius 1 is 1.15 bits per heavy atom. The van der Waals surface area contributed by atoms with Crippen molar-refractivity contribution in [2.45, 2.75) is 30.3 Å². The van der Waals surface area contributed by atoms with Gasteiger partial charge < -0.3 is 47.6 Å². The molecule has 10 N–H and O–H groups in total. The van der Waals surface area contributed by atoms with Gasteiger partial charge in [-0.25, -0.2) is 18.2 Å². The largest absolute Gasteiger partial charge is 0.480 e. The summed E-state index contributed by atoms with van der Waals surface area (Å²) >= 11 is 2.56. The first-order chi connectivity index (χ1) is 23.0. The molecule has 0 aliphatic carbocycles. The summed E-state index contributed by atoms with van der Waals surface area (Å²) in [5.74, 6) is -1.02. The SMILES string of the molecule is CN/C=C(\NC)N1CCN(c2nc(CNc3cccc(S(=O)(=O)Nc4ccsc4C(=O)N[C@@H](CCCN=C(N)N)C(=O)O)c3)cs2)CC1. The molecule has 0 radical (unpaired) electrons. The zero-order chi connectivity index (χ0) is 34.7. The first-order valence-corrected chi connectivity index (χ1v) is 18.3. The van der Waals surface area contributed by atoms with E-state index in [1.54, 1.807) is 28.8 Å². The molecule has 1 aliphatic rings. The van der Waals surface area contributed by atoms with Crippen LogP contribution in [0.15, 0.2) is 63.0 Å². The van der Waals surface area contributed by atoms with Crippen LogP contribution in [0.25, 0.3) is 0 Å². The number of thiophene rings is 1. The van der Waals surface area contributed by atoms with E-state index in [1.165, 1.54) is 18.2 Å². The van der Waals surface area contributed by atoms with Gasteiger partial charge in [0.15, 0.2) is 11.1 Å². The number of carbonyl (C=O) groups is 2. The maximum atomic E-state index is 13.3. The van der Waals surface area contributed by atoms with Gasteiger partial charge in [0, 0.05) is 64.1 Å². The highest BCUT2D eigenvalue weighted by Gasteiger charge is 2.25. The number of piperazine rings is 1. The van der Waals surface area contributed by atoms with Gasteiger partial charge in [-0.3, -0.25) is 14.5 Å². The lowest BCUT2D eigenvalue weighted by molar-refractivity contribution is -0.139. The maximum Gasteiger partial charge on any atom is 0.326 e. The molecule has 3 aromatic rings. The number of aromatic nitrogens is 1. The van der Waals surface area contributed by atoms with E-state index in [4.69, 9.17) is 16.5 Å². The number of sulfonamides is 1. The van der Waals surface area contributed by atoms with Crippen LogP contribution >= 0.6 is 22.7 Å². The van der Waals surface area contributed by atoms with Gasteiger partial charge in [0.25, 0.3) is 15.9 Å². The number of guanidine groups is 1. The minimum Gasteiger partial charge on any atom is -0.480 e. The van der Waals surface area contributed by atoms with Crippen molar-refractivity contribution in [2.24, 2.45) is 16.5 Å². The molecule has 0 spiro atoms. The lowest BCUT2D eigenvalue weighted by atomic mass is 10.1. The number of benzene rings is 1. The topological polar surface area (TPSA) is 232 Å². The molecule has 1 atom stereocenters. The Bertz CT molecular complexity index is 1710. The van der Waals surface area contributed by atoms with Crippen molar-refractivity contribution in [3.05, 3.63) is 63.7 Å². The van der Waals surface area contributed by atoms with Crippen LogP contribution in [0.1, 0.15) is 28.2 Å². The number of rotatable bonds is 17. The minimum absolute atomic E-state index is 0.0155. The number of nitrogens with one attached hydrogen (secondary N) is 5. The zero-order valence-corrected chi connectivity index (χ0v) is 29.1. The molecule has 19 heteroatoms. The van der Waals surface area contributed by atoms with Crippen molar-refractivity contribution in [1.82, 2.24) is 25.8 Å². The molecule has 260 valence electrons. The molecule has 1 saturated heterocycles. The molecule has 2 aromatic heterocycles. The molecule has 1 aromatic carbocycles. The fraction of sp³-hybridized carbons (Fsp3) is 0.379. The second-order valence-electron chi connectivity index (χ2n) is 10.6. The summed E-state index contributed by atoms with van der Waals surface area (Å²) < 4.78 is 29.1. The number of carboxylic acid groups (broad SMARTS) is 1. The van der Waals surface area contributed by atoms with Gasteiger partial charge in [-0.2, -0.15) is 0 Å². The average Bonchev–Trinajstić information content (AvgIpc) is 3.74. The van der Waals surface area contributed by atoms with Gasteiger partial charge >= 0.3 is 5.97 Å². The second-order valence-corrected chi connectivity index (χ2v) is 14.1. The second kappa shape index (κ2) is 16.9. The number of aliphatic imine (C=N–C) groups is 1. The van der Waals surface area contributed by atoms with Crippen molar-refractivity contribution in [2.75, 3.05) is 61.8 Å². The van der Waals surface area contributed by atoms with E-state index in [1.807, 2.05) is 25.7 Å². The summed E-state index contributed by atoms with van der Waals surface area (Å²) in [4.78, 5) is 37.8. The summed E-state index contributed by atoms with van der Waals surface area (Å²) in [6.45, 7) is 4.00. The third-order valence-electron chi connectivity index (χ3n) is 7.25. The molecule has 0 bridgehead atoms. The number of aliphatic carboxylic acids is 1. The Hall–Kier alpha value is -4.75. The predicted octanol–water partition coefficient (Wildman–Crippen LogP) is 1.21. The Balaban J connectivity index is 1.34. The number of carboxylic acids is 1.